The van der Waals surface area contributed by atoms with E-state index >= 15 is 0 Å². The third kappa shape index (κ3) is 2.30. The Bertz CT molecular complexity index is 506. The molecule has 17 heavy (non-hydrogen) atoms. The lowest BCUT2D eigenvalue weighted by atomic mass is 10.1. The molecule has 2 heterocycles. The van der Waals surface area contributed by atoms with Crippen LogP contribution in [0.15, 0.2) is 11.4 Å². The Balaban J connectivity index is 1.75. The molecule has 0 aliphatic heterocycles. The first kappa shape index (κ1) is 11.4. The molecule has 0 fully saturated rings. The van der Waals surface area contributed by atoms with Crippen molar-refractivity contribution in [1.29, 1.82) is 0 Å². The lowest BCUT2D eigenvalue weighted by Gasteiger charge is -2.07. The Hall–Kier alpha value is -0.710. The van der Waals surface area contributed by atoms with Crippen LogP contribution in [0.2, 0.25) is 0 Å². The summed E-state index contributed by atoms with van der Waals surface area (Å²) >= 11 is 3.61. The summed E-state index contributed by atoms with van der Waals surface area (Å²) in [5.74, 6) is 0. The molecular formula is C13H16N2S2. The first-order valence-electron chi connectivity index (χ1n) is 6.00. The van der Waals surface area contributed by atoms with Crippen LogP contribution in [0, 0.1) is 6.92 Å². The largest absolute Gasteiger partial charge is 0.323 e. The van der Waals surface area contributed by atoms with E-state index < -0.39 is 0 Å². The van der Waals surface area contributed by atoms with Gasteiger partial charge in [-0.25, -0.2) is 4.98 Å². The molecule has 0 saturated heterocycles. The fourth-order valence-electron chi connectivity index (χ4n) is 2.36. The van der Waals surface area contributed by atoms with Gasteiger partial charge in [-0.1, -0.05) is 0 Å². The molecule has 4 heteroatoms. The number of nitrogens with zero attached hydrogens (tertiary/aromatic N) is 1. The van der Waals surface area contributed by atoms with E-state index in [4.69, 9.17) is 5.73 Å². The fourth-order valence-corrected chi connectivity index (χ4v) is 4.25. The van der Waals surface area contributed by atoms with Crippen LogP contribution in [0.3, 0.4) is 0 Å². The van der Waals surface area contributed by atoms with Gasteiger partial charge in [0.1, 0.15) is 0 Å². The molecule has 0 amide bonds. The second-order valence-electron chi connectivity index (χ2n) is 4.62. The van der Waals surface area contributed by atoms with Crippen molar-refractivity contribution in [2.24, 2.45) is 5.73 Å². The SMILES string of the molecule is Cc1nc(CC(N)c2cc3c(s2)CCC3)cs1. The van der Waals surface area contributed by atoms with Crippen molar-refractivity contribution < 1.29 is 0 Å². The molecule has 1 atom stereocenters. The topological polar surface area (TPSA) is 38.9 Å². The van der Waals surface area contributed by atoms with Gasteiger partial charge >= 0.3 is 0 Å². The molecule has 2 aromatic heterocycles. The summed E-state index contributed by atoms with van der Waals surface area (Å²) in [4.78, 5) is 7.38. The maximum Gasteiger partial charge on any atom is 0.0897 e. The van der Waals surface area contributed by atoms with Gasteiger partial charge in [0.05, 0.1) is 10.7 Å². The van der Waals surface area contributed by atoms with E-state index in [9.17, 15) is 0 Å². The number of thiophene rings is 1. The summed E-state index contributed by atoms with van der Waals surface area (Å²) in [6.07, 6.45) is 4.68. The lowest BCUT2D eigenvalue weighted by Crippen LogP contribution is -2.12. The molecule has 3 rings (SSSR count). The average Bonchev–Trinajstić information content (AvgIpc) is 2.92. The fraction of sp³-hybridized carbons (Fsp3) is 0.462. The molecule has 0 radical (unpaired) electrons. The van der Waals surface area contributed by atoms with Gasteiger partial charge < -0.3 is 5.73 Å². The predicted octanol–water partition coefficient (Wildman–Crippen LogP) is 3.24. The summed E-state index contributed by atoms with van der Waals surface area (Å²) < 4.78 is 0. The standard InChI is InChI=1S/C13H16N2S2/c1-8-15-10(7-16-8)6-11(14)13-5-9-3-2-4-12(9)17-13/h5,7,11H,2-4,6,14H2,1H3. The molecule has 1 aliphatic carbocycles. The highest BCUT2D eigenvalue weighted by Gasteiger charge is 2.18. The number of nitrogens with two attached hydrogens (primary N) is 1. The summed E-state index contributed by atoms with van der Waals surface area (Å²) in [6.45, 7) is 2.04. The number of aromatic nitrogens is 1. The Labute approximate surface area is 110 Å². The van der Waals surface area contributed by atoms with E-state index in [1.165, 1.54) is 29.7 Å². The van der Waals surface area contributed by atoms with Crippen LogP contribution in [0.4, 0.5) is 0 Å². The van der Waals surface area contributed by atoms with Gasteiger partial charge in [-0.05, 0) is 37.8 Å². The minimum Gasteiger partial charge on any atom is -0.323 e. The van der Waals surface area contributed by atoms with Crippen LogP contribution in [0.25, 0.3) is 0 Å². The van der Waals surface area contributed by atoms with Crippen molar-refractivity contribution in [3.8, 4) is 0 Å². The average molecular weight is 264 g/mol. The number of aryl methyl sites for hydroxylation is 3. The van der Waals surface area contributed by atoms with Crippen LogP contribution >= 0.6 is 22.7 Å². The molecule has 0 spiro atoms. The van der Waals surface area contributed by atoms with Gasteiger partial charge in [-0.2, -0.15) is 0 Å². The number of hydrogen-bond donors (Lipinski definition) is 1. The van der Waals surface area contributed by atoms with Crippen LogP contribution in [-0.2, 0) is 19.3 Å². The highest BCUT2D eigenvalue weighted by atomic mass is 32.1. The van der Waals surface area contributed by atoms with Crippen molar-refractivity contribution in [2.75, 3.05) is 0 Å². The van der Waals surface area contributed by atoms with Crippen LogP contribution in [0.5, 0.6) is 0 Å². The predicted molar refractivity (Wildman–Crippen MR) is 73.8 cm³/mol. The van der Waals surface area contributed by atoms with Crippen molar-refractivity contribution in [2.45, 2.75) is 38.6 Å². The van der Waals surface area contributed by atoms with E-state index in [1.54, 1.807) is 16.2 Å². The molecule has 0 saturated carbocycles. The zero-order chi connectivity index (χ0) is 11.8. The molecule has 1 unspecified atom stereocenters. The van der Waals surface area contributed by atoms with Gasteiger partial charge in [-0.3, -0.25) is 0 Å². The van der Waals surface area contributed by atoms with Crippen LogP contribution in [-0.4, -0.2) is 4.98 Å². The Morgan fingerprint density at radius 1 is 1.47 bits per heavy atom. The number of thiazole rings is 1. The summed E-state index contributed by atoms with van der Waals surface area (Å²) in [7, 11) is 0. The molecule has 0 aromatic carbocycles. The number of fused-ring (bicyclic) bond motifs is 1. The lowest BCUT2D eigenvalue weighted by molar-refractivity contribution is 0.721. The normalized spacial score (nSPS) is 16.1. The minimum absolute atomic E-state index is 0.118. The molecule has 2 N–H and O–H groups in total. The molecule has 90 valence electrons. The summed E-state index contributed by atoms with van der Waals surface area (Å²) in [5, 5.41) is 3.25. The summed E-state index contributed by atoms with van der Waals surface area (Å²) in [6, 6.07) is 2.43. The van der Waals surface area contributed by atoms with Crippen molar-refractivity contribution in [1.82, 2.24) is 4.98 Å². The Morgan fingerprint density at radius 3 is 3.06 bits per heavy atom. The molecule has 2 nitrogen and oxygen atoms in total. The third-order valence-electron chi connectivity index (χ3n) is 3.23. The minimum atomic E-state index is 0.118. The van der Waals surface area contributed by atoms with Crippen LogP contribution in [0.1, 0.15) is 38.5 Å². The smallest absolute Gasteiger partial charge is 0.0897 e. The van der Waals surface area contributed by atoms with Gasteiger partial charge in [0, 0.05) is 27.6 Å². The monoisotopic (exact) mass is 264 g/mol. The Kier molecular flexibility index (Phi) is 3.03. The van der Waals surface area contributed by atoms with Gasteiger partial charge in [0.2, 0.25) is 0 Å². The van der Waals surface area contributed by atoms with E-state index in [2.05, 4.69) is 16.4 Å². The number of hydrogen-bond acceptors (Lipinski definition) is 4. The molecule has 0 bridgehead atoms. The van der Waals surface area contributed by atoms with Gasteiger partial charge in [0.25, 0.3) is 0 Å². The zero-order valence-electron chi connectivity index (χ0n) is 9.90. The summed E-state index contributed by atoms with van der Waals surface area (Å²) in [5.41, 5.74) is 8.94. The number of rotatable bonds is 3. The highest BCUT2D eigenvalue weighted by molar-refractivity contribution is 7.12. The maximum atomic E-state index is 6.27. The van der Waals surface area contributed by atoms with E-state index in [0.29, 0.717) is 0 Å². The van der Waals surface area contributed by atoms with E-state index in [-0.39, 0.29) is 6.04 Å². The van der Waals surface area contributed by atoms with E-state index in [0.717, 1.165) is 17.1 Å². The zero-order valence-corrected chi connectivity index (χ0v) is 11.5. The van der Waals surface area contributed by atoms with E-state index in [1.807, 2.05) is 18.3 Å². The third-order valence-corrected chi connectivity index (χ3v) is 5.42. The first-order valence-corrected chi connectivity index (χ1v) is 7.70. The maximum absolute atomic E-state index is 6.27. The quantitative estimate of drug-likeness (QED) is 0.924. The molecule has 1 aliphatic rings. The van der Waals surface area contributed by atoms with Crippen molar-refractivity contribution in [3.63, 3.8) is 0 Å². The van der Waals surface area contributed by atoms with Gasteiger partial charge in [-0.15, -0.1) is 22.7 Å². The second kappa shape index (κ2) is 4.52. The molecule has 2 aromatic rings. The first-order chi connectivity index (χ1) is 8.22. The molecular weight excluding hydrogens is 248 g/mol. The highest BCUT2D eigenvalue weighted by Crippen LogP contribution is 2.34. The van der Waals surface area contributed by atoms with Gasteiger partial charge in [0.15, 0.2) is 0 Å². The Morgan fingerprint density at radius 2 is 2.35 bits per heavy atom. The van der Waals surface area contributed by atoms with Crippen molar-refractivity contribution >= 4 is 22.7 Å². The second-order valence-corrected chi connectivity index (χ2v) is 6.85. The van der Waals surface area contributed by atoms with Crippen LogP contribution < -0.4 is 5.73 Å². The van der Waals surface area contributed by atoms with Crippen molar-refractivity contribution in [3.05, 3.63) is 37.5 Å².